The molecule has 0 aromatic carbocycles. The van der Waals surface area contributed by atoms with Gasteiger partial charge in [0, 0.05) is 11.6 Å². The van der Waals surface area contributed by atoms with Crippen LogP contribution in [0.15, 0.2) is 0 Å². The Morgan fingerprint density at radius 2 is 1.32 bits per heavy atom. The van der Waals surface area contributed by atoms with E-state index in [0.717, 1.165) is 0 Å². The number of hydrogen-bond donors (Lipinski definition) is 0. The van der Waals surface area contributed by atoms with Crippen molar-refractivity contribution in [2.75, 3.05) is 6.61 Å². The molecule has 0 heterocycles. The number of halogens is 10. The first-order valence-corrected chi connectivity index (χ1v) is 4.57. The Morgan fingerprint density at radius 1 is 0.895 bits per heavy atom. The summed E-state index contributed by atoms with van der Waals surface area (Å²) in [7, 11) is 0. The Morgan fingerprint density at radius 3 is 1.63 bits per heavy atom. The minimum atomic E-state index is -6.95. The van der Waals surface area contributed by atoms with Gasteiger partial charge in [-0.25, -0.2) is 4.79 Å². The third-order valence-electron chi connectivity index (χ3n) is 1.84. The van der Waals surface area contributed by atoms with Crippen LogP contribution in [0.3, 0.4) is 0 Å². The molecule has 0 aromatic heterocycles. The van der Waals surface area contributed by atoms with Crippen LogP contribution in [-0.2, 0) is 4.74 Å². The first-order chi connectivity index (χ1) is 8.17. The smallest absolute Gasteiger partial charge is 0.453 e. The average Bonchev–Trinajstić information content (AvgIpc) is 2.14. The van der Waals surface area contributed by atoms with E-state index < -0.39 is 42.4 Å². The molecule has 12 heteroatoms. The number of carbonyl (C=O) groups is 1. The molecule has 0 rings (SSSR count). The molecule has 0 aromatic rings. The van der Waals surface area contributed by atoms with E-state index in [4.69, 9.17) is 0 Å². The van der Waals surface area contributed by atoms with Crippen LogP contribution in [0.4, 0.5) is 44.3 Å². The summed E-state index contributed by atoms with van der Waals surface area (Å²) in [6.07, 6.45) is -9.13. The van der Waals surface area contributed by atoms with Crippen molar-refractivity contribution in [3.63, 3.8) is 0 Å². The van der Waals surface area contributed by atoms with Gasteiger partial charge in [0.15, 0.2) is 0 Å². The number of carbonyl (C=O) groups excluding carboxylic acids is 1. The number of alkyl halides is 9. The summed E-state index contributed by atoms with van der Waals surface area (Å²) in [5.41, 5.74) is -1.71. The summed E-state index contributed by atoms with van der Waals surface area (Å²) < 4.78 is 114. The largest absolute Gasteiger partial charge is 0.460 e. The van der Waals surface area contributed by atoms with Gasteiger partial charge in [-0.15, -0.1) is 0 Å². The van der Waals surface area contributed by atoms with E-state index in [1.807, 2.05) is 0 Å². The summed E-state index contributed by atoms with van der Waals surface area (Å²) in [5, 5.41) is 0. The number of hydrogen-bond acceptors (Lipinski definition) is 2. The fraction of sp³-hybridized carbons (Fsp3) is 0.857. The lowest BCUT2D eigenvalue weighted by Crippen LogP contribution is -2.61. The monoisotopic (exact) mass is 326 g/mol. The second-order valence-corrected chi connectivity index (χ2v) is 3.50. The lowest BCUT2D eigenvalue weighted by atomic mass is 10.0. The van der Waals surface area contributed by atoms with E-state index in [1.54, 1.807) is 0 Å². The van der Waals surface area contributed by atoms with Gasteiger partial charge in [-0.3, -0.25) is 0 Å². The van der Waals surface area contributed by atoms with Crippen molar-refractivity contribution in [1.29, 1.82) is 0 Å². The van der Waals surface area contributed by atoms with E-state index in [9.17, 15) is 44.3 Å². The molecule has 0 fully saturated rings. The number of rotatable bonds is 5. The molecule has 0 bridgehead atoms. The second kappa shape index (κ2) is 5.25. The molecular weight excluding hydrogens is 323 g/mol. The topological polar surface area (TPSA) is 26.3 Å². The second-order valence-electron chi connectivity index (χ2n) is 3.19. The molecule has 114 valence electrons. The summed E-state index contributed by atoms with van der Waals surface area (Å²) in [4.78, 5) is 9.92. The fourth-order valence-corrected chi connectivity index (χ4v) is 0.901. The van der Waals surface area contributed by atoms with Crippen molar-refractivity contribution < 1.29 is 49.0 Å². The predicted octanol–water partition coefficient (Wildman–Crippen LogP) is 4.22. The summed E-state index contributed by atoms with van der Waals surface area (Å²) in [5.74, 6) is -19.4. The summed E-state index contributed by atoms with van der Waals surface area (Å²) in [6.45, 7) is -1.56. The van der Waals surface area contributed by atoms with E-state index in [-0.39, 0.29) is 0 Å². The highest BCUT2D eigenvalue weighted by Crippen LogP contribution is 2.53. The van der Waals surface area contributed by atoms with E-state index >= 15 is 0 Å². The van der Waals surface area contributed by atoms with Gasteiger partial charge < -0.3 is 4.74 Å². The van der Waals surface area contributed by atoms with Gasteiger partial charge in [0.25, 0.3) is 0 Å². The molecule has 2 nitrogen and oxygen atoms in total. The van der Waals surface area contributed by atoms with Crippen LogP contribution in [-0.4, -0.2) is 36.0 Å². The molecule has 0 saturated carbocycles. The molecule has 0 aliphatic rings. The van der Waals surface area contributed by atoms with Crippen molar-refractivity contribution in [2.45, 2.75) is 30.4 Å². The highest BCUT2D eigenvalue weighted by molar-refractivity contribution is 6.61. The quantitative estimate of drug-likeness (QED) is 0.558. The van der Waals surface area contributed by atoms with Gasteiger partial charge in [0.1, 0.15) is 0 Å². The Hall–Kier alpha value is -0.870. The normalized spacial score (nSPS) is 14.4. The Bertz CT molecular complexity index is 338. The Labute approximate surface area is 104 Å². The van der Waals surface area contributed by atoms with Crippen LogP contribution >= 0.6 is 11.6 Å². The summed E-state index contributed by atoms with van der Waals surface area (Å²) >= 11 is 4.46. The average molecular weight is 327 g/mol. The molecule has 0 amide bonds. The van der Waals surface area contributed by atoms with Gasteiger partial charge in [-0.05, 0) is 0 Å². The molecule has 0 unspecified atom stereocenters. The SMILES string of the molecule is O=C(Cl)OCCC(F)(F)C(F)(F)C(F)(F)C(F)(F)F. The molecule has 0 saturated heterocycles. The van der Waals surface area contributed by atoms with Gasteiger partial charge in [0.05, 0.1) is 13.0 Å². The minimum Gasteiger partial charge on any atom is -0.453 e. The lowest BCUT2D eigenvalue weighted by molar-refractivity contribution is -0.397. The van der Waals surface area contributed by atoms with Crippen molar-refractivity contribution in [1.82, 2.24) is 0 Å². The first kappa shape index (κ1) is 18.1. The highest BCUT2D eigenvalue weighted by Gasteiger charge is 2.81. The Balaban J connectivity index is 5.11. The summed E-state index contributed by atoms with van der Waals surface area (Å²) in [6, 6.07) is 0. The zero-order valence-corrected chi connectivity index (χ0v) is 9.27. The molecule has 0 aliphatic heterocycles. The van der Waals surface area contributed by atoms with Gasteiger partial charge >= 0.3 is 29.4 Å². The predicted molar refractivity (Wildman–Crippen MR) is 42.7 cm³/mol. The standard InChI is InChI=1S/C7H4ClF9O2/c8-3(18)19-2-1-4(9,10)5(11,12)6(13,14)7(15,16)17/h1-2H2. The highest BCUT2D eigenvalue weighted by atomic mass is 35.5. The zero-order valence-electron chi connectivity index (χ0n) is 8.51. The Kier molecular flexibility index (Phi) is 5.01. The molecule has 0 atom stereocenters. The molecule has 0 spiro atoms. The first-order valence-electron chi connectivity index (χ1n) is 4.19. The van der Waals surface area contributed by atoms with Crippen LogP contribution < -0.4 is 0 Å². The fourth-order valence-electron chi connectivity index (χ4n) is 0.824. The van der Waals surface area contributed by atoms with Crippen LogP contribution in [0.25, 0.3) is 0 Å². The van der Waals surface area contributed by atoms with Crippen molar-refractivity contribution in [3.8, 4) is 0 Å². The molecule has 0 aliphatic carbocycles. The number of ether oxygens (including phenoxy) is 1. The van der Waals surface area contributed by atoms with Crippen molar-refractivity contribution >= 4 is 17.0 Å². The minimum absolute atomic E-state index is 1.56. The van der Waals surface area contributed by atoms with E-state index in [2.05, 4.69) is 16.3 Å². The van der Waals surface area contributed by atoms with Crippen LogP contribution in [0.5, 0.6) is 0 Å². The molecule has 0 N–H and O–H groups in total. The van der Waals surface area contributed by atoms with Crippen LogP contribution in [0.1, 0.15) is 6.42 Å². The maximum Gasteiger partial charge on any atom is 0.460 e. The van der Waals surface area contributed by atoms with Crippen molar-refractivity contribution in [2.24, 2.45) is 0 Å². The van der Waals surface area contributed by atoms with Crippen LogP contribution in [0, 0.1) is 0 Å². The zero-order chi connectivity index (χ0) is 15.7. The van der Waals surface area contributed by atoms with Gasteiger partial charge in [0.2, 0.25) is 0 Å². The molecular formula is C7H4ClF9O2. The van der Waals surface area contributed by atoms with Gasteiger partial charge in [-0.2, -0.15) is 39.5 Å². The third-order valence-corrected chi connectivity index (χ3v) is 1.95. The van der Waals surface area contributed by atoms with Gasteiger partial charge in [-0.1, -0.05) is 0 Å². The maximum absolute atomic E-state index is 12.7. The van der Waals surface area contributed by atoms with E-state index in [1.165, 1.54) is 0 Å². The third kappa shape index (κ3) is 3.57. The molecule has 0 radical (unpaired) electrons. The van der Waals surface area contributed by atoms with Crippen molar-refractivity contribution in [3.05, 3.63) is 0 Å². The molecule has 19 heavy (non-hydrogen) atoms. The van der Waals surface area contributed by atoms with E-state index in [0.29, 0.717) is 0 Å². The van der Waals surface area contributed by atoms with Crippen LogP contribution in [0.2, 0.25) is 0 Å². The maximum atomic E-state index is 12.7. The lowest BCUT2D eigenvalue weighted by Gasteiger charge is -2.33.